The highest BCUT2D eigenvalue weighted by Gasteiger charge is 2.14. The number of benzene rings is 1. The summed E-state index contributed by atoms with van der Waals surface area (Å²) in [5.41, 5.74) is 5.45. The zero-order valence-electron chi connectivity index (χ0n) is 7.64. The molecular weight excluding hydrogens is 234 g/mol. The van der Waals surface area contributed by atoms with Gasteiger partial charge in [-0.05, 0) is 24.1 Å². The predicted octanol–water partition coefficient (Wildman–Crippen LogP) is 2.89. The van der Waals surface area contributed by atoms with Crippen molar-refractivity contribution in [1.82, 2.24) is 0 Å². The van der Waals surface area contributed by atoms with E-state index in [9.17, 15) is 17.6 Å². The van der Waals surface area contributed by atoms with Gasteiger partial charge in [0.2, 0.25) is 0 Å². The van der Waals surface area contributed by atoms with Gasteiger partial charge >= 0.3 is 0 Å². The Morgan fingerprint density at radius 2 is 1.60 bits per heavy atom. The van der Waals surface area contributed by atoms with Crippen molar-refractivity contribution in [2.75, 3.05) is 6.67 Å². The van der Waals surface area contributed by atoms with E-state index < -0.39 is 30.2 Å². The first kappa shape index (κ1) is 14.2. The lowest BCUT2D eigenvalue weighted by Crippen LogP contribution is -2.12. The molecule has 1 atom stereocenters. The SMILES string of the molecule is Cl.N[C@H](CCF)c1cc(F)c(F)c(F)c1. The van der Waals surface area contributed by atoms with Gasteiger partial charge in [0, 0.05) is 6.04 Å². The molecule has 15 heavy (non-hydrogen) atoms. The van der Waals surface area contributed by atoms with Crippen molar-refractivity contribution < 1.29 is 17.6 Å². The van der Waals surface area contributed by atoms with Crippen LogP contribution in [-0.4, -0.2) is 6.67 Å². The molecule has 1 aromatic rings. The lowest BCUT2D eigenvalue weighted by Gasteiger charge is -2.10. The van der Waals surface area contributed by atoms with Gasteiger partial charge in [0.15, 0.2) is 17.5 Å². The number of hydrogen-bond donors (Lipinski definition) is 1. The van der Waals surface area contributed by atoms with Crippen molar-refractivity contribution in [3.8, 4) is 0 Å². The quantitative estimate of drug-likeness (QED) is 0.641. The number of halogens is 5. The lowest BCUT2D eigenvalue weighted by molar-refractivity contribution is 0.427. The summed E-state index contributed by atoms with van der Waals surface area (Å²) in [4.78, 5) is 0. The Balaban J connectivity index is 0.00000196. The highest BCUT2D eigenvalue weighted by Crippen LogP contribution is 2.19. The Morgan fingerprint density at radius 1 is 1.13 bits per heavy atom. The molecular formula is C9H10ClF4N. The monoisotopic (exact) mass is 243 g/mol. The fraction of sp³-hybridized carbons (Fsp3) is 0.333. The molecule has 0 saturated carbocycles. The van der Waals surface area contributed by atoms with Crippen LogP contribution in [0.5, 0.6) is 0 Å². The zero-order chi connectivity index (χ0) is 10.7. The smallest absolute Gasteiger partial charge is 0.194 e. The van der Waals surface area contributed by atoms with Crippen molar-refractivity contribution in [1.29, 1.82) is 0 Å². The van der Waals surface area contributed by atoms with Gasteiger partial charge < -0.3 is 5.73 Å². The van der Waals surface area contributed by atoms with Gasteiger partial charge in [-0.1, -0.05) is 0 Å². The van der Waals surface area contributed by atoms with Crippen LogP contribution in [0.25, 0.3) is 0 Å². The molecule has 0 aromatic heterocycles. The number of hydrogen-bond acceptors (Lipinski definition) is 1. The third-order valence-corrected chi connectivity index (χ3v) is 1.85. The van der Waals surface area contributed by atoms with E-state index >= 15 is 0 Å². The molecule has 1 nitrogen and oxygen atoms in total. The van der Waals surface area contributed by atoms with Crippen LogP contribution in [0.15, 0.2) is 12.1 Å². The molecule has 0 aliphatic rings. The fourth-order valence-electron chi connectivity index (χ4n) is 1.07. The summed E-state index contributed by atoms with van der Waals surface area (Å²) in [6, 6.07) is 0.738. The van der Waals surface area contributed by atoms with Gasteiger partial charge in [0.25, 0.3) is 0 Å². The topological polar surface area (TPSA) is 26.0 Å². The summed E-state index contributed by atoms with van der Waals surface area (Å²) < 4.78 is 49.7. The molecule has 0 fully saturated rings. The standard InChI is InChI=1S/C9H9F4N.ClH/c10-2-1-8(14)5-3-6(11)9(13)7(12)4-5;/h3-4,8H,1-2,14H2;1H/t8-;/m1./s1. The first-order valence-corrected chi connectivity index (χ1v) is 4.02. The van der Waals surface area contributed by atoms with Crippen molar-refractivity contribution >= 4 is 12.4 Å². The molecule has 0 heterocycles. The van der Waals surface area contributed by atoms with Crippen LogP contribution in [0.2, 0.25) is 0 Å². The Hall–Kier alpha value is -0.810. The molecule has 0 aliphatic carbocycles. The number of nitrogens with two attached hydrogens (primary N) is 1. The highest BCUT2D eigenvalue weighted by atomic mass is 35.5. The molecule has 86 valence electrons. The second-order valence-electron chi connectivity index (χ2n) is 2.88. The summed E-state index contributed by atoms with van der Waals surface area (Å²) in [7, 11) is 0. The summed E-state index contributed by atoms with van der Waals surface area (Å²) in [6.07, 6.45) is -0.0511. The first-order valence-electron chi connectivity index (χ1n) is 4.02. The summed E-state index contributed by atoms with van der Waals surface area (Å²) in [6.45, 7) is -0.693. The minimum absolute atomic E-state index is 0. The van der Waals surface area contributed by atoms with E-state index in [1.165, 1.54) is 0 Å². The summed E-state index contributed by atoms with van der Waals surface area (Å²) >= 11 is 0. The average Bonchev–Trinajstić information content (AvgIpc) is 2.13. The van der Waals surface area contributed by atoms with E-state index in [4.69, 9.17) is 5.73 Å². The maximum absolute atomic E-state index is 12.7. The van der Waals surface area contributed by atoms with Crippen LogP contribution in [0.1, 0.15) is 18.0 Å². The Bertz CT molecular complexity index is 309. The Kier molecular flexibility index (Phi) is 5.60. The summed E-state index contributed by atoms with van der Waals surface area (Å²) in [5.74, 6) is -4.16. The molecule has 6 heteroatoms. The third kappa shape index (κ3) is 3.35. The van der Waals surface area contributed by atoms with E-state index in [0.29, 0.717) is 0 Å². The molecule has 2 N–H and O–H groups in total. The largest absolute Gasteiger partial charge is 0.324 e. The van der Waals surface area contributed by atoms with Crippen molar-refractivity contribution in [2.45, 2.75) is 12.5 Å². The average molecular weight is 244 g/mol. The van der Waals surface area contributed by atoms with E-state index in [-0.39, 0.29) is 24.4 Å². The van der Waals surface area contributed by atoms with Crippen LogP contribution in [-0.2, 0) is 0 Å². The van der Waals surface area contributed by atoms with Gasteiger partial charge in [-0.2, -0.15) is 0 Å². The second kappa shape index (κ2) is 5.92. The van der Waals surface area contributed by atoms with Gasteiger partial charge in [0.05, 0.1) is 6.67 Å². The molecule has 0 aliphatic heterocycles. The molecule has 0 saturated heterocycles. The summed E-state index contributed by atoms with van der Waals surface area (Å²) in [5, 5.41) is 0. The molecule has 0 unspecified atom stereocenters. The van der Waals surface area contributed by atoms with Gasteiger partial charge in [-0.3, -0.25) is 4.39 Å². The van der Waals surface area contributed by atoms with Crippen LogP contribution < -0.4 is 5.73 Å². The maximum atomic E-state index is 12.7. The molecule has 1 rings (SSSR count). The molecule has 0 radical (unpaired) electrons. The van der Waals surface area contributed by atoms with Crippen LogP contribution in [0, 0.1) is 17.5 Å². The van der Waals surface area contributed by atoms with Crippen molar-refractivity contribution in [3.05, 3.63) is 35.1 Å². The van der Waals surface area contributed by atoms with E-state index in [0.717, 1.165) is 12.1 Å². The van der Waals surface area contributed by atoms with Gasteiger partial charge in [-0.15, -0.1) is 12.4 Å². The van der Waals surface area contributed by atoms with E-state index in [1.807, 2.05) is 0 Å². The lowest BCUT2D eigenvalue weighted by atomic mass is 10.0. The van der Waals surface area contributed by atoms with E-state index in [1.54, 1.807) is 0 Å². The molecule has 0 bridgehead atoms. The third-order valence-electron chi connectivity index (χ3n) is 1.85. The fourth-order valence-corrected chi connectivity index (χ4v) is 1.07. The molecule has 0 spiro atoms. The molecule has 1 aromatic carbocycles. The molecule has 0 amide bonds. The van der Waals surface area contributed by atoms with Gasteiger partial charge in [0.1, 0.15) is 0 Å². The minimum Gasteiger partial charge on any atom is -0.324 e. The predicted molar refractivity (Wildman–Crippen MR) is 51.1 cm³/mol. The maximum Gasteiger partial charge on any atom is 0.194 e. The van der Waals surface area contributed by atoms with Crippen molar-refractivity contribution in [3.63, 3.8) is 0 Å². The highest BCUT2D eigenvalue weighted by molar-refractivity contribution is 5.85. The first-order chi connectivity index (χ1) is 6.56. The second-order valence-corrected chi connectivity index (χ2v) is 2.88. The zero-order valence-corrected chi connectivity index (χ0v) is 8.46. The Morgan fingerprint density at radius 3 is 2.00 bits per heavy atom. The normalized spacial score (nSPS) is 12.1. The number of rotatable bonds is 3. The van der Waals surface area contributed by atoms with Crippen LogP contribution >= 0.6 is 12.4 Å². The van der Waals surface area contributed by atoms with Crippen LogP contribution in [0.4, 0.5) is 17.6 Å². The number of alkyl halides is 1. The van der Waals surface area contributed by atoms with Gasteiger partial charge in [-0.25, -0.2) is 13.2 Å². The Labute approximate surface area is 90.7 Å². The minimum atomic E-state index is -1.54. The van der Waals surface area contributed by atoms with Crippen LogP contribution in [0.3, 0.4) is 0 Å². The van der Waals surface area contributed by atoms with E-state index in [2.05, 4.69) is 0 Å². The van der Waals surface area contributed by atoms with Crippen molar-refractivity contribution in [2.24, 2.45) is 5.73 Å².